The van der Waals surface area contributed by atoms with Crippen molar-refractivity contribution < 1.29 is 9.90 Å². The summed E-state index contributed by atoms with van der Waals surface area (Å²) in [6, 6.07) is 9.39. The van der Waals surface area contributed by atoms with E-state index in [-0.39, 0.29) is 24.1 Å². The molecule has 134 valence electrons. The second-order valence-electron chi connectivity index (χ2n) is 7.24. The Kier molecular flexibility index (Phi) is 4.81. The summed E-state index contributed by atoms with van der Waals surface area (Å²) in [5.74, 6) is 0. The summed E-state index contributed by atoms with van der Waals surface area (Å²) in [6.45, 7) is 6.07. The lowest BCUT2D eigenvalue weighted by Crippen LogP contribution is -2.46. The molecule has 0 aliphatic heterocycles. The molecule has 2 unspecified atom stereocenters. The minimum absolute atomic E-state index is 0.00306. The van der Waals surface area contributed by atoms with Crippen LogP contribution in [0.3, 0.4) is 0 Å². The van der Waals surface area contributed by atoms with Crippen molar-refractivity contribution in [2.45, 2.75) is 46.1 Å². The molecule has 6 heteroatoms. The first kappa shape index (κ1) is 17.5. The molecule has 1 fully saturated rings. The molecule has 25 heavy (non-hydrogen) atoms. The fraction of sp³-hybridized carbons (Fsp3) is 0.474. The number of nitrogens with one attached hydrogen (secondary N) is 2. The van der Waals surface area contributed by atoms with E-state index in [9.17, 15) is 9.90 Å². The topological polar surface area (TPSA) is 79.2 Å². The summed E-state index contributed by atoms with van der Waals surface area (Å²) < 4.78 is 1.86. The Balaban J connectivity index is 1.70. The lowest BCUT2D eigenvalue weighted by atomic mass is 9.86. The number of anilines is 1. The molecule has 2 aromatic rings. The monoisotopic (exact) mass is 342 g/mol. The van der Waals surface area contributed by atoms with Crippen molar-refractivity contribution in [2.75, 3.05) is 11.9 Å². The molecule has 6 nitrogen and oxygen atoms in total. The molecular weight excluding hydrogens is 316 g/mol. The molecule has 1 aliphatic rings. The van der Waals surface area contributed by atoms with E-state index in [2.05, 4.69) is 15.7 Å². The van der Waals surface area contributed by atoms with Gasteiger partial charge in [-0.15, -0.1) is 0 Å². The third kappa shape index (κ3) is 3.69. The number of rotatable bonds is 4. The van der Waals surface area contributed by atoms with E-state index in [1.807, 2.05) is 55.8 Å². The number of carbonyl (C=O) groups excluding carboxylic acids is 1. The van der Waals surface area contributed by atoms with Gasteiger partial charge in [0.1, 0.15) is 0 Å². The maximum atomic E-state index is 12.4. The number of carbonyl (C=O) groups is 1. The molecule has 2 atom stereocenters. The zero-order valence-corrected chi connectivity index (χ0v) is 15.0. The van der Waals surface area contributed by atoms with Crippen LogP contribution in [0.4, 0.5) is 10.5 Å². The Morgan fingerprint density at radius 1 is 1.40 bits per heavy atom. The third-order valence-electron chi connectivity index (χ3n) is 5.11. The fourth-order valence-electron chi connectivity index (χ4n) is 3.60. The average molecular weight is 342 g/mol. The SMILES string of the molecule is Cc1cc(C)n(-c2cccc(NC(=O)NC3CCCC3(C)CO)c2)n1. The van der Waals surface area contributed by atoms with Crippen LogP contribution in [0.2, 0.25) is 0 Å². The second kappa shape index (κ2) is 6.88. The second-order valence-corrected chi connectivity index (χ2v) is 7.24. The van der Waals surface area contributed by atoms with E-state index in [0.717, 1.165) is 36.3 Å². The van der Waals surface area contributed by atoms with Gasteiger partial charge in [-0.3, -0.25) is 0 Å². The van der Waals surface area contributed by atoms with Crippen LogP contribution in [0.15, 0.2) is 30.3 Å². The van der Waals surface area contributed by atoms with Crippen molar-refractivity contribution in [1.29, 1.82) is 0 Å². The highest BCUT2D eigenvalue weighted by molar-refractivity contribution is 5.89. The van der Waals surface area contributed by atoms with Crippen molar-refractivity contribution in [3.8, 4) is 5.69 Å². The van der Waals surface area contributed by atoms with Crippen molar-refractivity contribution in [3.05, 3.63) is 41.7 Å². The van der Waals surface area contributed by atoms with Gasteiger partial charge in [-0.2, -0.15) is 5.10 Å². The normalized spacial score (nSPS) is 22.8. The first-order chi connectivity index (χ1) is 11.9. The first-order valence-corrected chi connectivity index (χ1v) is 8.73. The van der Waals surface area contributed by atoms with Crippen molar-refractivity contribution >= 4 is 11.7 Å². The highest BCUT2D eigenvalue weighted by Crippen LogP contribution is 2.37. The van der Waals surface area contributed by atoms with E-state index in [4.69, 9.17) is 0 Å². The number of amides is 2. The van der Waals surface area contributed by atoms with Gasteiger partial charge >= 0.3 is 6.03 Å². The van der Waals surface area contributed by atoms with Gasteiger partial charge in [-0.25, -0.2) is 9.48 Å². The van der Waals surface area contributed by atoms with E-state index in [1.54, 1.807) is 0 Å². The molecular formula is C19H26N4O2. The highest BCUT2D eigenvalue weighted by Gasteiger charge is 2.39. The third-order valence-corrected chi connectivity index (χ3v) is 5.11. The molecule has 3 rings (SSSR count). The number of urea groups is 1. The van der Waals surface area contributed by atoms with E-state index >= 15 is 0 Å². The fourth-order valence-corrected chi connectivity index (χ4v) is 3.60. The van der Waals surface area contributed by atoms with Crippen LogP contribution in [0.5, 0.6) is 0 Å². The van der Waals surface area contributed by atoms with Crippen LogP contribution in [0.25, 0.3) is 5.69 Å². The Hall–Kier alpha value is -2.34. The lowest BCUT2D eigenvalue weighted by Gasteiger charge is -2.30. The number of benzene rings is 1. The molecule has 0 bridgehead atoms. The highest BCUT2D eigenvalue weighted by atomic mass is 16.3. The molecule has 2 amide bonds. The van der Waals surface area contributed by atoms with E-state index in [1.165, 1.54) is 0 Å². The van der Waals surface area contributed by atoms with Crippen LogP contribution in [0.1, 0.15) is 37.6 Å². The molecule has 0 saturated heterocycles. The summed E-state index contributed by atoms with van der Waals surface area (Å²) in [7, 11) is 0. The van der Waals surface area contributed by atoms with Crippen LogP contribution < -0.4 is 10.6 Å². The molecule has 1 aliphatic carbocycles. The number of aromatic nitrogens is 2. The number of aryl methyl sites for hydroxylation is 2. The molecule has 0 radical (unpaired) electrons. The van der Waals surface area contributed by atoms with Crippen LogP contribution >= 0.6 is 0 Å². The molecule has 1 saturated carbocycles. The number of aliphatic hydroxyl groups is 1. The maximum absolute atomic E-state index is 12.4. The van der Waals surface area contributed by atoms with Gasteiger partial charge in [0.2, 0.25) is 0 Å². The predicted octanol–water partition coefficient (Wildman–Crippen LogP) is 3.16. The Bertz CT molecular complexity index is 771. The summed E-state index contributed by atoms with van der Waals surface area (Å²) in [5, 5.41) is 20.0. The molecule has 1 aromatic carbocycles. The standard InChI is InChI=1S/C19H26N4O2/c1-13-10-14(2)23(22-13)16-7-4-6-15(11-16)20-18(25)21-17-8-5-9-19(17,3)12-24/h4,6-7,10-11,17,24H,5,8-9,12H2,1-3H3,(H2,20,21,25). The number of nitrogens with zero attached hydrogens (tertiary/aromatic N) is 2. The van der Waals surface area contributed by atoms with Crippen molar-refractivity contribution in [2.24, 2.45) is 5.41 Å². The Morgan fingerprint density at radius 3 is 2.88 bits per heavy atom. The zero-order valence-electron chi connectivity index (χ0n) is 15.0. The van der Waals surface area contributed by atoms with Gasteiger partial charge in [-0.05, 0) is 51.0 Å². The first-order valence-electron chi connectivity index (χ1n) is 8.73. The maximum Gasteiger partial charge on any atom is 0.319 e. The zero-order chi connectivity index (χ0) is 18.0. The minimum atomic E-state index is -0.239. The summed E-state index contributed by atoms with van der Waals surface area (Å²) in [5.41, 5.74) is 3.39. The Morgan fingerprint density at radius 2 is 2.20 bits per heavy atom. The molecule has 1 heterocycles. The van der Waals surface area contributed by atoms with Gasteiger partial charge in [-0.1, -0.05) is 19.4 Å². The smallest absolute Gasteiger partial charge is 0.319 e. The Labute approximate surface area is 148 Å². The summed E-state index contributed by atoms with van der Waals surface area (Å²) in [4.78, 5) is 12.4. The van der Waals surface area contributed by atoms with Gasteiger partial charge in [0.15, 0.2) is 0 Å². The van der Waals surface area contributed by atoms with Gasteiger partial charge < -0.3 is 15.7 Å². The number of hydrogen-bond acceptors (Lipinski definition) is 3. The van der Waals surface area contributed by atoms with Crippen molar-refractivity contribution in [1.82, 2.24) is 15.1 Å². The number of hydrogen-bond donors (Lipinski definition) is 3. The van der Waals surface area contributed by atoms with Crippen molar-refractivity contribution in [3.63, 3.8) is 0 Å². The average Bonchev–Trinajstić information content (AvgIpc) is 3.10. The van der Waals surface area contributed by atoms with Gasteiger partial charge in [0.05, 0.1) is 18.0 Å². The van der Waals surface area contributed by atoms with Gasteiger partial charge in [0.25, 0.3) is 0 Å². The molecule has 0 spiro atoms. The quantitative estimate of drug-likeness (QED) is 0.798. The van der Waals surface area contributed by atoms with E-state index in [0.29, 0.717) is 5.69 Å². The molecule has 3 N–H and O–H groups in total. The predicted molar refractivity (Wildman–Crippen MR) is 98.0 cm³/mol. The van der Waals surface area contributed by atoms with Gasteiger partial charge in [0, 0.05) is 22.8 Å². The lowest BCUT2D eigenvalue weighted by molar-refractivity contribution is 0.122. The minimum Gasteiger partial charge on any atom is -0.396 e. The van der Waals surface area contributed by atoms with Crippen LogP contribution in [-0.4, -0.2) is 33.6 Å². The summed E-state index contributed by atoms with van der Waals surface area (Å²) >= 11 is 0. The largest absolute Gasteiger partial charge is 0.396 e. The molecule has 1 aromatic heterocycles. The van der Waals surface area contributed by atoms with E-state index < -0.39 is 0 Å². The number of aliphatic hydroxyl groups excluding tert-OH is 1. The van der Waals surface area contributed by atoms with Crippen LogP contribution in [0, 0.1) is 19.3 Å². The summed E-state index contributed by atoms with van der Waals surface area (Å²) in [6.07, 6.45) is 2.85. The van der Waals surface area contributed by atoms with Crippen LogP contribution in [-0.2, 0) is 0 Å².